The molecule has 3 heteroatoms. The Kier molecular flexibility index (Phi) is 2.89. The first kappa shape index (κ1) is 12.1. The largest absolute Gasteiger partial charge is 0.316 e. The fourth-order valence-corrected chi connectivity index (χ4v) is 3.50. The number of nitrogens with one attached hydrogen (secondary N) is 1. The highest BCUT2D eigenvalue weighted by molar-refractivity contribution is 5.33. The van der Waals surface area contributed by atoms with E-state index in [1.165, 1.54) is 6.42 Å². The minimum absolute atomic E-state index is 0.178. The lowest BCUT2D eigenvalue weighted by Gasteiger charge is -2.39. The Hall–Kier alpha value is -0.960. The fourth-order valence-electron chi connectivity index (χ4n) is 3.50. The smallest absolute Gasteiger partial charge is 0.263 e. The average Bonchev–Trinajstić information content (AvgIpc) is 2.72. The SMILES string of the molecule is Cc1cc(C(F)F)cc(C2CCC3(CNC3)C2)c1. The van der Waals surface area contributed by atoms with Crippen LogP contribution in [0, 0.1) is 12.3 Å². The van der Waals surface area contributed by atoms with Gasteiger partial charge in [0.2, 0.25) is 0 Å². The molecule has 1 aliphatic carbocycles. The Balaban J connectivity index is 1.84. The molecule has 98 valence electrons. The number of alkyl halides is 2. The van der Waals surface area contributed by atoms with E-state index in [2.05, 4.69) is 11.4 Å². The van der Waals surface area contributed by atoms with Crippen LogP contribution in [0.25, 0.3) is 0 Å². The molecule has 1 saturated heterocycles. The summed E-state index contributed by atoms with van der Waals surface area (Å²) in [5.74, 6) is 0.476. The molecule has 18 heavy (non-hydrogen) atoms. The normalized spacial score (nSPS) is 25.7. The van der Waals surface area contributed by atoms with Crippen LogP contribution in [0.15, 0.2) is 18.2 Å². The van der Waals surface area contributed by atoms with Gasteiger partial charge in [-0.25, -0.2) is 8.78 Å². The first-order chi connectivity index (χ1) is 8.58. The van der Waals surface area contributed by atoms with Crippen molar-refractivity contribution < 1.29 is 8.78 Å². The highest BCUT2D eigenvalue weighted by Gasteiger charge is 2.43. The summed E-state index contributed by atoms with van der Waals surface area (Å²) in [5.41, 5.74) is 2.72. The Morgan fingerprint density at radius 2 is 2.06 bits per heavy atom. The van der Waals surface area contributed by atoms with E-state index in [9.17, 15) is 8.78 Å². The molecule has 1 spiro atoms. The topological polar surface area (TPSA) is 12.0 Å². The van der Waals surface area contributed by atoms with Crippen LogP contribution < -0.4 is 5.32 Å². The monoisotopic (exact) mass is 251 g/mol. The van der Waals surface area contributed by atoms with Crippen LogP contribution in [0.4, 0.5) is 8.78 Å². The molecule has 1 heterocycles. The highest BCUT2D eigenvalue weighted by atomic mass is 19.3. The van der Waals surface area contributed by atoms with E-state index in [-0.39, 0.29) is 5.56 Å². The minimum Gasteiger partial charge on any atom is -0.316 e. The van der Waals surface area contributed by atoms with Gasteiger partial charge in [0.05, 0.1) is 0 Å². The molecule has 1 atom stereocenters. The first-order valence-corrected chi connectivity index (χ1v) is 6.68. The van der Waals surface area contributed by atoms with Crippen molar-refractivity contribution in [3.05, 3.63) is 34.9 Å². The van der Waals surface area contributed by atoms with E-state index in [4.69, 9.17) is 0 Å². The van der Waals surface area contributed by atoms with E-state index in [1.807, 2.05) is 6.92 Å². The summed E-state index contributed by atoms with van der Waals surface area (Å²) in [4.78, 5) is 0. The average molecular weight is 251 g/mol. The number of halogens is 2. The third-order valence-electron chi connectivity index (χ3n) is 4.55. The van der Waals surface area contributed by atoms with Gasteiger partial charge in [0.1, 0.15) is 0 Å². The van der Waals surface area contributed by atoms with Gasteiger partial charge in [-0.05, 0) is 49.1 Å². The number of aryl methyl sites for hydroxylation is 1. The number of hydrogen-bond acceptors (Lipinski definition) is 1. The zero-order valence-corrected chi connectivity index (χ0v) is 10.7. The fraction of sp³-hybridized carbons (Fsp3) is 0.600. The van der Waals surface area contributed by atoms with Gasteiger partial charge in [-0.1, -0.05) is 17.7 Å². The lowest BCUT2D eigenvalue weighted by Crippen LogP contribution is -2.51. The summed E-state index contributed by atoms with van der Waals surface area (Å²) in [6.07, 6.45) is 1.19. The molecule has 0 amide bonds. The third-order valence-corrected chi connectivity index (χ3v) is 4.55. The first-order valence-electron chi connectivity index (χ1n) is 6.68. The van der Waals surface area contributed by atoms with Crippen LogP contribution >= 0.6 is 0 Å². The van der Waals surface area contributed by atoms with Crippen LogP contribution in [0.3, 0.4) is 0 Å². The van der Waals surface area contributed by atoms with Gasteiger partial charge in [-0.3, -0.25) is 0 Å². The predicted molar refractivity (Wildman–Crippen MR) is 68.0 cm³/mol. The van der Waals surface area contributed by atoms with Gasteiger partial charge in [-0.15, -0.1) is 0 Å². The zero-order valence-electron chi connectivity index (χ0n) is 10.7. The maximum absolute atomic E-state index is 12.8. The summed E-state index contributed by atoms with van der Waals surface area (Å²) in [6.45, 7) is 4.12. The van der Waals surface area contributed by atoms with Crippen molar-refractivity contribution in [3.63, 3.8) is 0 Å². The third kappa shape index (κ3) is 2.05. The van der Waals surface area contributed by atoms with Crippen LogP contribution in [-0.2, 0) is 0 Å². The molecule has 1 aromatic rings. The Morgan fingerprint density at radius 3 is 2.61 bits per heavy atom. The summed E-state index contributed by atoms with van der Waals surface area (Å²) < 4.78 is 25.7. The second-order valence-corrected chi connectivity index (χ2v) is 6.02. The molecule has 1 aliphatic heterocycles. The highest BCUT2D eigenvalue weighted by Crippen LogP contribution is 2.49. The maximum Gasteiger partial charge on any atom is 0.263 e. The lowest BCUT2D eigenvalue weighted by atomic mass is 9.79. The molecule has 2 aliphatic rings. The molecule has 3 rings (SSSR count). The van der Waals surface area contributed by atoms with Gasteiger partial charge < -0.3 is 5.32 Å². The van der Waals surface area contributed by atoms with Gasteiger partial charge >= 0.3 is 0 Å². The predicted octanol–water partition coefficient (Wildman–Crippen LogP) is 3.79. The van der Waals surface area contributed by atoms with E-state index in [0.717, 1.165) is 37.1 Å². The summed E-state index contributed by atoms with van der Waals surface area (Å²) in [5, 5.41) is 3.34. The molecule has 0 bridgehead atoms. The van der Waals surface area contributed by atoms with Gasteiger partial charge in [0.15, 0.2) is 0 Å². The second-order valence-electron chi connectivity index (χ2n) is 6.02. The van der Waals surface area contributed by atoms with E-state index in [1.54, 1.807) is 12.1 Å². The Labute approximate surface area is 107 Å². The van der Waals surface area contributed by atoms with Crippen molar-refractivity contribution in [1.29, 1.82) is 0 Å². The molecule has 1 N–H and O–H groups in total. The Bertz CT molecular complexity index is 452. The summed E-state index contributed by atoms with van der Waals surface area (Å²) in [7, 11) is 0. The summed E-state index contributed by atoms with van der Waals surface area (Å²) in [6, 6.07) is 5.40. The molecule has 1 saturated carbocycles. The van der Waals surface area contributed by atoms with Crippen molar-refractivity contribution in [1.82, 2.24) is 5.32 Å². The van der Waals surface area contributed by atoms with E-state index >= 15 is 0 Å². The van der Waals surface area contributed by atoms with Crippen LogP contribution in [0.2, 0.25) is 0 Å². The molecular weight excluding hydrogens is 232 g/mol. The molecule has 2 fully saturated rings. The summed E-state index contributed by atoms with van der Waals surface area (Å²) >= 11 is 0. The number of hydrogen-bond donors (Lipinski definition) is 1. The molecule has 1 aromatic carbocycles. The molecule has 0 radical (unpaired) electrons. The van der Waals surface area contributed by atoms with E-state index in [0.29, 0.717) is 11.3 Å². The second kappa shape index (κ2) is 4.30. The van der Waals surface area contributed by atoms with Crippen molar-refractivity contribution in [2.24, 2.45) is 5.41 Å². The number of rotatable bonds is 2. The van der Waals surface area contributed by atoms with Gasteiger partial charge in [-0.2, -0.15) is 0 Å². The zero-order chi connectivity index (χ0) is 12.8. The van der Waals surface area contributed by atoms with Crippen LogP contribution in [-0.4, -0.2) is 13.1 Å². The molecule has 1 unspecified atom stereocenters. The maximum atomic E-state index is 12.8. The van der Waals surface area contributed by atoms with Crippen molar-refractivity contribution in [2.75, 3.05) is 13.1 Å². The van der Waals surface area contributed by atoms with Crippen molar-refractivity contribution in [3.8, 4) is 0 Å². The van der Waals surface area contributed by atoms with Crippen molar-refractivity contribution >= 4 is 0 Å². The van der Waals surface area contributed by atoms with Gasteiger partial charge in [0, 0.05) is 18.7 Å². The van der Waals surface area contributed by atoms with Crippen molar-refractivity contribution in [2.45, 2.75) is 38.5 Å². The molecular formula is C15H19F2N. The quantitative estimate of drug-likeness (QED) is 0.843. The standard InChI is InChI=1S/C15H19F2N/c1-10-4-12(6-13(5-10)14(16)17)11-2-3-15(7-11)8-18-9-15/h4-6,11,14,18H,2-3,7-9H2,1H3. The van der Waals surface area contributed by atoms with Crippen LogP contribution in [0.1, 0.15) is 48.3 Å². The van der Waals surface area contributed by atoms with Gasteiger partial charge in [0.25, 0.3) is 6.43 Å². The molecule has 1 nitrogen and oxygen atoms in total. The minimum atomic E-state index is -2.36. The number of benzene rings is 1. The van der Waals surface area contributed by atoms with E-state index < -0.39 is 6.43 Å². The Morgan fingerprint density at radius 1 is 1.28 bits per heavy atom. The molecule has 0 aromatic heterocycles. The lowest BCUT2D eigenvalue weighted by molar-refractivity contribution is 0.151. The van der Waals surface area contributed by atoms with Crippen LogP contribution in [0.5, 0.6) is 0 Å².